The molecule has 0 radical (unpaired) electrons. The second-order valence-corrected chi connectivity index (χ2v) is 4.40. The van der Waals surface area contributed by atoms with Gasteiger partial charge in [0.25, 0.3) is 0 Å². The molecule has 1 aromatic rings. The number of benzene rings is 1. The second kappa shape index (κ2) is 4.79. The number of aromatic hydroxyl groups is 1. The number of phenols is 1. The van der Waals surface area contributed by atoms with Crippen LogP contribution in [0.15, 0.2) is 6.07 Å². The number of phenolic OH excluding ortho intramolecular Hbond substituents is 1. The third-order valence-electron chi connectivity index (χ3n) is 1.89. The Morgan fingerprint density at radius 2 is 2.06 bits per heavy atom. The lowest BCUT2D eigenvalue weighted by Crippen LogP contribution is -2.10. The summed E-state index contributed by atoms with van der Waals surface area (Å²) in [5.74, 6) is -0.590. The van der Waals surface area contributed by atoms with Crippen LogP contribution < -0.4 is 0 Å². The van der Waals surface area contributed by atoms with Gasteiger partial charge in [0, 0.05) is 12.0 Å². The molecule has 88 valence electrons. The monoisotopic (exact) mass is 364 g/mol. The first-order chi connectivity index (χ1) is 7.29. The Labute approximate surface area is 108 Å². The van der Waals surface area contributed by atoms with Crippen molar-refractivity contribution in [1.82, 2.24) is 0 Å². The summed E-state index contributed by atoms with van der Waals surface area (Å²) >= 11 is 7.16. The van der Waals surface area contributed by atoms with E-state index in [0.717, 1.165) is 0 Å². The molecule has 0 saturated carbocycles. The number of hydrogen-bond donors (Lipinski definition) is 1. The van der Waals surface area contributed by atoms with E-state index in [1.54, 1.807) is 22.6 Å². The maximum absolute atomic E-state index is 12.6. The Bertz CT molecular complexity index is 432. The van der Waals surface area contributed by atoms with E-state index in [1.807, 2.05) is 0 Å². The Hall–Kier alpha value is -0.500. The third kappa shape index (κ3) is 2.60. The topological polar surface area (TPSA) is 37.3 Å². The SMILES string of the molecule is O=CCc1c(C(F)(F)F)cc(Cl)c(I)c1O. The summed E-state index contributed by atoms with van der Waals surface area (Å²) in [6.07, 6.45) is -4.86. The van der Waals surface area contributed by atoms with Crippen molar-refractivity contribution in [1.29, 1.82) is 0 Å². The van der Waals surface area contributed by atoms with Crippen molar-refractivity contribution in [2.45, 2.75) is 12.6 Å². The molecule has 0 aromatic heterocycles. The van der Waals surface area contributed by atoms with Crippen molar-refractivity contribution in [2.75, 3.05) is 0 Å². The smallest absolute Gasteiger partial charge is 0.416 e. The van der Waals surface area contributed by atoms with Gasteiger partial charge in [0.05, 0.1) is 14.2 Å². The van der Waals surface area contributed by atoms with Crippen molar-refractivity contribution in [3.05, 3.63) is 25.8 Å². The van der Waals surface area contributed by atoms with Gasteiger partial charge in [-0.1, -0.05) is 11.6 Å². The highest BCUT2D eigenvalue weighted by Gasteiger charge is 2.35. The zero-order chi connectivity index (χ0) is 12.5. The van der Waals surface area contributed by atoms with E-state index < -0.39 is 29.5 Å². The first kappa shape index (κ1) is 13.6. The number of aldehydes is 1. The summed E-state index contributed by atoms with van der Waals surface area (Å²) < 4.78 is 37.8. The van der Waals surface area contributed by atoms with E-state index in [2.05, 4.69) is 0 Å². The summed E-state index contributed by atoms with van der Waals surface area (Å²) in [5.41, 5.74) is -1.53. The van der Waals surface area contributed by atoms with Crippen molar-refractivity contribution in [2.24, 2.45) is 0 Å². The second-order valence-electron chi connectivity index (χ2n) is 2.92. The van der Waals surface area contributed by atoms with Gasteiger partial charge in [0.15, 0.2) is 0 Å². The van der Waals surface area contributed by atoms with Crippen LogP contribution in [0, 0.1) is 3.57 Å². The van der Waals surface area contributed by atoms with Crippen molar-refractivity contribution in [3.8, 4) is 5.75 Å². The summed E-state index contributed by atoms with van der Waals surface area (Å²) in [4.78, 5) is 10.3. The van der Waals surface area contributed by atoms with Gasteiger partial charge >= 0.3 is 6.18 Å². The Balaban J connectivity index is 3.53. The first-order valence-electron chi connectivity index (χ1n) is 3.99. The molecule has 0 heterocycles. The number of halogens is 5. The molecule has 0 amide bonds. The van der Waals surface area contributed by atoms with Crippen LogP contribution in [-0.4, -0.2) is 11.4 Å². The molecule has 0 spiro atoms. The average molecular weight is 364 g/mol. The maximum Gasteiger partial charge on any atom is 0.416 e. The van der Waals surface area contributed by atoms with E-state index in [9.17, 15) is 23.1 Å². The van der Waals surface area contributed by atoms with E-state index in [4.69, 9.17) is 11.6 Å². The van der Waals surface area contributed by atoms with E-state index in [1.165, 1.54) is 0 Å². The van der Waals surface area contributed by atoms with Gasteiger partial charge in [-0.25, -0.2) is 0 Å². The minimum Gasteiger partial charge on any atom is -0.506 e. The average Bonchev–Trinajstić information content (AvgIpc) is 2.17. The number of hydrogen-bond acceptors (Lipinski definition) is 2. The van der Waals surface area contributed by atoms with Crippen molar-refractivity contribution >= 4 is 40.5 Å². The molecule has 2 nitrogen and oxygen atoms in total. The molecule has 0 aliphatic carbocycles. The predicted octanol–water partition coefficient (Wildman–Crippen LogP) is 3.41. The number of carbonyl (C=O) groups is 1. The maximum atomic E-state index is 12.6. The lowest BCUT2D eigenvalue weighted by Gasteiger charge is -2.14. The molecule has 0 aliphatic heterocycles. The Morgan fingerprint density at radius 3 is 2.50 bits per heavy atom. The lowest BCUT2D eigenvalue weighted by molar-refractivity contribution is -0.138. The van der Waals surface area contributed by atoms with Gasteiger partial charge in [-0.15, -0.1) is 0 Å². The molecular weight excluding hydrogens is 359 g/mol. The van der Waals surface area contributed by atoms with Gasteiger partial charge < -0.3 is 9.90 Å². The molecule has 1 N–H and O–H groups in total. The van der Waals surface area contributed by atoms with Crippen LogP contribution in [0.5, 0.6) is 5.75 Å². The number of rotatable bonds is 2. The standard InChI is InChI=1S/C9H5ClF3IO2/c10-6-3-5(9(11,12)13)4(1-2-15)8(16)7(6)14/h2-3,16H,1H2. The van der Waals surface area contributed by atoms with Gasteiger partial charge in [-0.3, -0.25) is 0 Å². The van der Waals surface area contributed by atoms with Crippen LogP contribution in [0.2, 0.25) is 5.02 Å². The molecular formula is C9H5ClF3IO2. The molecule has 0 atom stereocenters. The first-order valence-corrected chi connectivity index (χ1v) is 5.45. The highest BCUT2D eigenvalue weighted by atomic mass is 127. The van der Waals surface area contributed by atoms with Gasteiger partial charge in [0.1, 0.15) is 12.0 Å². The van der Waals surface area contributed by atoms with Gasteiger partial charge in [0.2, 0.25) is 0 Å². The van der Waals surface area contributed by atoms with Crippen molar-refractivity contribution < 1.29 is 23.1 Å². The van der Waals surface area contributed by atoms with Crippen LogP contribution in [0.1, 0.15) is 11.1 Å². The molecule has 16 heavy (non-hydrogen) atoms. The highest BCUT2D eigenvalue weighted by molar-refractivity contribution is 14.1. The summed E-state index contributed by atoms with van der Waals surface area (Å²) in [7, 11) is 0. The number of alkyl halides is 3. The predicted molar refractivity (Wildman–Crippen MR) is 60.6 cm³/mol. The van der Waals surface area contributed by atoms with Crippen LogP contribution in [0.3, 0.4) is 0 Å². The molecule has 1 aromatic carbocycles. The molecule has 0 saturated heterocycles. The highest BCUT2D eigenvalue weighted by Crippen LogP contribution is 2.41. The fraction of sp³-hybridized carbons (Fsp3) is 0.222. The molecule has 0 fully saturated rings. The van der Waals surface area contributed by atoms with E-state index in [-0.39, 0.29) is 8.59 Å². The molecule has 0 unspecified atom stereocenters. The number of carbonyl (C=O) groups excluding carboxylic acids is 1. The fourth-order valence-corrected chi connectivity index (χ4v) is 1.87. The quantitative estimate of drug-likeness (QED) is 0.645. The van der Waals surface area contributed by atoms with Crippen LogP contribution >= 0.6 is 34.2 Å². The zero-order valence-corrected chi connectivity index (χ0v) is 10.5. The Kier molecular flexibility index (Phi) is 4.06. The van der Waals surface area contributed by atoms with Crippen molar-refractivity contribution in [3.63, 3.8) is 0 Å². The molecule has 7 heteroatoms. The normalized spacial score (nSPS) is 11.6. The largest absolute Gasteiger partial charge is 0.506 e. The molecule has 0 aliphatic rings. The molecule has 0 bridgehead atoms. The summed E-state index contributed by atoms with van der Waals surface area (Å²) in [6.45, 7) is 0. The zero-order valence-electron chi connectivity index (χ0n) is 7.61. The third-order valence-corrected chi connectivity index (χ3v) is 3.60. The van der Waals surface area contributed by atoms with Crippen LogP contribution in [0.4, 0.5) is 13.2 Å². The minimum atomic E-state index is -4.65. The van der Waals surface area contributed by atoms with Crippen LogP contribution in [0.25, 0.3) is 0 Å². The minimum absolute atomic E-state index is 0.101. The lowest BCUT2D eigenvalue weighted by atomic mass is 10.0. The van der Waals surface area contributed by atoms with E-state index in [0.29, 0.717) is 12.4 Å². The Morgan fingerprint density at radius 1 is 1.50 bits per heavy atom. The van der Waals surface area contributed by atoms with Gasteiger partial charge in [-0.05, 0) is 28.7 Å². The summed E-state index contributed by atoms with van der Waals surface area (Å²) in [6, 6.07) is 0.710. The summed E-state index contributed by atoms with van der Waals surface area (Å²) in [5, 5.41) is 9.31. The molecule has 1 rings (SSSR count). The van der Waals surface area contributed by atoms with Gasteiger partial charge in [-0.2, -0.15) is 13.2 Å². The fourth-order valence-electron chi connectivity index (χ4n) is 1.19. The van der Waals surface area contributed by atoms with Crippen LogP contribution in [-0.2, 0) is 17.4 Å². The van der Waals surface area contributed by atoms with E-state index >= 15 is 0 Å².